The Morgan fingerprint density at radius 2 is 1.80 bits per heavy atom. The lowest BCUT2D eigenvalue weighted by Gasteiger charge is -2.42. The van der Waals surface area contributed by atoms with Gasteiger partial charge in [-0.2, -0.15) is 13.2 Å². The highest BCUT2D eigenvalue weighted by molar-refractivity contribution is 7.91. The molecule has 4 N–H and O–H groups in total. The van der Waals surface area contributed by atoms with Crippen LogP contribution in [0.25, 0.3) is 11.1 Å². The molecule has 1 aliphatic heterocycles. The van der Waals surface area contributed by atoms with Crippen LogP contribution in [-0.2, 0) is 25.1 Å². The summed E-state index contributed by atoms with van der Waals surface area (Å²) in [6, 6.07) is 10.5. The van der Waals surface area contributed by atoms with Crippen LogP contribution in [0.3, 0.4) is 0 Å². The lowest BCUT2D eigenvalue weighted by atomic mass is 9.96. The zero-order valence-corrected chi connectivity index (χ0v) is 19.2. The molecule has 0 spiro atoms. The number of amides is 1. The van der Waals surface area contributed by atoms with Crippen LogP contribution in [0.2, 0.25) is 0 Å². The van der Waals surface area contributed by atoms with Crippen molar-refractivity contribution >= 4 is 15.7 Å². The number of ether oxygens (including phenoxy) is 2. The molecule has 192 valence electrons. The quantitative estimate of drug-likeness (QED) is 0.426. The first-order valence-corrected chi connectivity index (χ1v) is 12.0. The largest absolute Gasteiger partial charge is 0.497 e. The van der Waals surface area contributed by atoms with Gasteiger partial charge in [0.05, 0.1) is 12.4 Å². The van der Waals surface area contributed by atoms with Gasteiger partial charge >= 0.3 is 5.51 Å². The Labute approximate surface area is 199 Å². The number of benzene rings is 2. The van der Waals surface area contributed by atoms with Crippen molar-refractivity contribution in [1.29, 1.82) is 0 Å². The van der Waals surface area contributed by atoms with E-state index < -0.39 is 64.3 Å². The van der Waals surface area contributed by atoms with Crippen molar-refractivity contribution in [1.82, 2.24) is 5.32 Å². The normalized spacial score (nSPS) is 25.2. The zero-order valence-electron chi connectivity index (χ0n) is 18.3. The summed E-state index contributed by atoms with van der Waals surface area (Å²) >= 11 is 0. The third kappa shape index (κ3) is 6.11. The average molecular weight is 519 g/mol. The molecule has 35 heavy (non-hydrogen) atoms. The van der Waals surface area contributed by atoms with Crippen LogP contribution in [-0.4, -0.2) is 72.4 Å². The molecule has 1 heterocycles. The Balaban J connectivity index is 1.94. The number of carbonyl (C=O) groups excluding carboxylic acids is 1. The second-order valence-corrected chi connectivity index (χ2v) is 9.93. The number of rotatable bonds is 7. The van der Waals surface area contributed by atoms with Gasteiger partial charge in [0.25, 0.3) is 9.84 Å². The first kappa shape index (κ1) is 26.9. The number of hydrogen-bond acceptors (Lipinski definition) is 8. The molecule has 1 fully saturated rings. The summed E-state index contributed by atoms with van der Waals surface area (Å²) in [5.41, 5.74) is -4.80. The van der Waals surface area contributed by atoms with Crippen molar-refractivity contribution in [3.63, 3.8) is 0 Å². The second kappa shape index (κ2) is 10.5. The van der Waals surface area contributed by atoms with E-state index in [1.807, 2.05) is 0 Å². The van der Waals surface area contributed by atoms with Gasteiger partial charge in [0.15, 0.2) is 0 Å². The summed E-state index contributed by atoms with van der Waals surface area (Å²) in [7, 11) is -5.39. The van der Waals surface area contributed by atoms with E-state index in [9.17, 15) is 41.7 Å². The molecule has 0 aromatic heterocycles. The minimum atomic E-state index is -5.39. The van der Waals surface area contributed by atoms with Crippen LogP contribution in [0.4, 0.5) is 13.2 Å². The van der Waals surface area contributed by atoms with Gasteiger partial charge in [-0.25, -0.2) is 8.42 Å². The molecule has 2 aromatic carbocycles. The fraction of sp³-hybridized carbons (Fsp3) is 0.409. The maximum atomic E-state index is 12.8. The lowest BCUT2D eigenvalue weighted by molar-refractivity contribution is -0.244. The number of hydrogen-bond donors (Lipinski definition) is 4. The standard InChI is InChI=1S/C22H24F3NO8S/c1-12(28)26-18-20(30)19(29)17(10-27)34-21(18)33-16-8-3-2-7-15(16)14-6-4-5-13(9-14)11-35(31,32)22(23,24)25/h2-9,17-21,27,29-30H,10-11H2,1H3,(H,26,28)/t17?,18?,19-,20+,21+/m0/s1. The topological polar surface area (TPSA) is 142 Å². The first-order chi connectivity index (χ1) is 16.3. The monoisotopic (exact) mass is 519 g/mol. The van der Waals surface area contributed by atoms with E-state index in [1.54, 1.807) is 18.2 Å². The molecule has 0 radical (unpaired) electrons. The highest BCUT2D eigenvalue weighted by Crippen LogP contribution is 2.34. The Bertz CT molecular complexity index is 1160. The summed E-state index contributed by atoms with van der Waals surface area (Å²) in [6.07, 6.45) is -5.63. The number of halogens is 3. The number of aliphatic hydroxyl groups is 3. The van der Waals surface area contributed by atoms with E-state index in [0.29, 0.717) is 11.1 Å². The molecule has 0 saturated carbocycles. The SMILES string of the molecule is CC(=O)NC1[C@H](Oc2ccccc2-c2cccc(CS(=O)(=O)C(F)(F)F)c2)OC(CO)[C@H](O)[C@@H]1O. The van der Waals surface area contributed by atoms with Gasteiger partial charge in [0.1, 0.15) is 30.1 Å². The van der Waals surface area contributed by atoms with Crippen molar-refractivity contribution in [3.8, 4) is 16.9 Å². The molecule has 0 aliphatic carbocycles. The minimum absolute atomic E-state index is 0.0986. The van der Waals surface area contributed by atoms with Crippen LogP contribution < -0.4 is 10.1 Å². The molecule has 9 nitrogen and oxygen atoms in total. The third-order valence-electron chi connectivity index (χ3n) is 5.33. The summed E-state index contributed by atoms with van der Waals surface area (Å²) in [6.45, 7) is 0.533. The first-order valence-electron chi connectivity index (χ1n) is 10.4. The number of para-hydroxylation sites is 1. The van der Waals surface area contributed by atoms with Crippen LogP contribution in [0, 0.1) is 0 Å². The van der Waals surface area contributed by atoms with Crippen LogP contribution in [0.5, 0.6) is 5.75 Å². The van der Waals surface area contributed by atoms with Gasteiger partial charge in [0.2, 0.25) is 12.2 Å². The van der Waals surface area contributed by atoms with Crippen molar-refractivity contribution in [2.45, 2.75) is 48.8 Å². The van der Waals surface area contributed by atoms with Gasteiger partial charge in [0, 0.05) is 12.5 Å². The molecule has 3 rings (SSSR count). The van der Waals surface area contributed by atoms with Crippen LogP contribution in [0.1, 0.15) is 12.5 Å². The molecular weight excluding hydrogens is 495 g/mol. The molecule has 5 atom stereocenters. The lowest BCUT2D eigenvalue weighted by Crippen LogP contribution is -2.65. The second-order valence-electron chi connectivity index (χ2n) is 7.95. The molecule has 1 aliphatic rings. The fourth-order valence-corrected chi connectivity index (χ4v) is 4.42. The van der Waals surface area contributed by atoms with Crippen molar-refractivity contribution in [2.24, 2.45) is 0 Å². The number of sulfone groups is 1. The van der Waals surface area contributed by atoms with Gasteiger partial charge in [-0.1, -0.05) is 36.4 Å². The van der Waals surface area contributed by atoms with E-state index in [4.69, 9.17) is 9.47 Å². The zero-order chi connectivity index (χ0) is 26.0. The minimum Gasteiger partial charge on any atom is -0.462 e. The van der Waals surface area contributed by atoms with E-state index in [2.05, 4.69) is 5.32 Å². The fourth-order valence-electron chi connectivity index (χ4n) is 3.63. The third-order valence-corrected chi connectivity index (χ3v) is 6.75. The smallest absolute Gasteiger partial charge is 0.462 e. The van der Waals surface area contributed by atoms with Crippen LogP contribution >= 0.6 is 0 Å². The van der Waals surface area contributed by atoms with Crippen molar-refractivity contribution < 1.29 is 51.2 Å². The summed E-state index contributed by atoms with van der Waals surface area (Å²) < 4.78 is 73.0. The predicted octanol–water partition coefficient (Wildman–Crippen LogP) is 1.11. The predicted molar refractivity (Wildman–Crippen MR) is 117 cm³/mol. The number of aliphatic hydroxyl groups excluding tert-OH is 3. The Hall–Kier alpha value is -2.71. The van der Waals surface area contributed by atoms with E-state index in [0.717, 1.165) is 0 Å². The molecule has 2 aromatic rings. The van der Waals surface area contributed by atoms with Crippen molar-refractivity contribution in [2.75, 3.05) is 6.61 Å². The van der Waals surface area contributed by atoms with Crippen molar-refractivity contribution in [3.05, 3.63) is 54.1 Å². The van der Waals surface area contributed by atoms with Gasteiger partial charge in [-0.05, 0) is 23.3 Å². The Morgan fingerprint density at radius 1 is 1.11 bits per heavy atom. The summed E-state index contributed by atoms with van der Waals surface area (Å²) in [5, 5.41) is 32.5. The molecule has 2 unspecified atom stereocenters. The van der Waals surface area contributed by atoms with E-state index >= 15 is 0 Å². The average Bonchev–Trinajstić information content (AvgIpc) is 2.78. The number of nitrogens with one attached hydrogen (secondary N) is 1. The maximum Gasteiger partial charge on any atom is 0.497 e. The van der Waals surface area contributed by atoms with Gasteiger partial charge in [-0.15, -0.1) is 0 Å². The summed E-state index contributed by atoms with van der Waals surface area (Å²) in [4.78, 5) is 11.6. The molecular formula is C22H24F3NO8S. The Kier molecular flexibility index (Phi) is 8.07. The summed E-state index contributed by atoms with van der Waals surface area (Å²) in [5.74, 6) is -1.66. The number of alkyl halides is 3. The number of carbonyl (C=O) groups is 1. The highest BCUT2D eigenvalue weighted by atomic mass is 32.2. The molecule has 0 bridgehead atoms. The molecule has 1 amide bonds. The molecule has 1 saturated heterocycles. The van der Waals surface area contributed by atoms with E-state index in [-0.39, 0.29) is 11.3 Å². The van der Waals surface area contributed by atoms with Crippen LogP contribution in [0.15, 0.2) is 48.5 Å². The van der Waals surface area contributed by atoms with E-state index in [1.165, 1.54) is 37.3 Å². The van der Waals surface area contributed by atoms with Gasteiger partial charge in [-0.3, -0.25) is 4.79 Å². The highest BCUT2D eigenvalue weighted by Gasteiger charge is 2.46. The van der Waals surface area contributed by atoms with Gasteiger partial charge < -0.3 is 30.1 Å². The molecule has 13 heteroatoms. The Morgan fingerprint density at radius 3 is 2.43 bits per heavy atom. The maximum absolute atomic E-state index is 12.8.